The summed E-state index contributed by atoms with van der Waals surface area (Å²) >= 11 is -0.543. The van der Waals surface area contributed by atoms with Crippen molar-refractivity contribution in [3.05, 3.63) is 52.7 Å². The molecule has 2 rings (SSSR count). The van der Waals surface area contributed by atoms with E-state index in [9.17, 15) is 16.8 Å². The normalized spacial score (nSPS) is 11.3. The predicted octanol–water partition coefficient (Wildman–Crippen LogP) is 2.92. The molecule has 0 bridgehead atoms. The minimum atomic E-state index is -4.43. The van der Waals surface area contributed by atoms with Crippen molar-refractivity contribution in [2.45, 2.75) is 24.6 Å². The van der Waals surface area contributed by atoms with Crippen molar-refractivity contribution < 1.29 is 27.0 Å². The Labute approximate surface area is 155 Å². The summed E-state index contributed by atoms with van der Waals surface area (Å²) < 4.78 is 50.6. The maximum absolute atomic E-state index is 11.9. The van der Waals surface area contributed by atoms with Gasteiger partial charge in [0.1, 0.15) is 31.5 Å². The van der Waals surface area contributed by atoms with Crippen molar-refractivity contribution in [3.63, 3.8) is 0 Å². The van der Waals surface area contributed by atoms with Gasteiger partial charge in [-0.15, -0.1) is 0 Å². The van der Waals surface area contributed by atoms with E-state index in [1.807, 2.05) is 0 Å². The number of rotatable bonds is 4. The summed E-state index contributed by atoms with van der Waals surface area (Å²) in [6.07, 6.45) is 0. The van der Waals surface area contributed by atoms with Crippen LogP contribution in [0.2, 0.25) is 14.8 Å². The molecule has 136 valence electrons. The number of aromatic hydroxyl groups is 2. The predicted molar refractivity (Wildman–Crippen MR) is 97.3 cm³/mol. The van der Waals surface area contributed by atoms with Gasteiger partial charge in [0.2, 0.25) is 0 Å². The first-order valence-electron chi connectivity index (χ1n) is 7.03. The molecule has 0 spiro atoms. The van der Waals surface area contributed by atoms with Crippen molar-refractivity contribution in [3.8, 4) is 11.5 Å². The molecule has 0 saturated heterocycles. The van der Waals surface area contributed by atoms with Gasteiger partial charge in [0.25, 0.3) is 0 Å². The third kappa shape index (κ3) is 7.22. The van der Waals surface area contributed by atoms with Gasteiger partial charge in [0.05, 0.1) is 0 Å². The zero-order chi connectivity index (χ0) is 19.3. The van der Waals surface area contributed by atoms with Gasteiger partial charge in [0.15, 0.2) is 0 Å². The van der Waals surface area contributed by atoms with Crippen molar-refractivity contribution >= 4 is 39.8 Å². The van der Waals surface area contributed by atoms with Gasteiger partial charge in [-0.25, -0.2) is 16.8 Å². The summed E-state index contributed by atoms with van der Waals surface area (Å²) in [6.45, 7) is 0. The molecule has 0 unspecified atom stereocenters. The molecule has 0 saturated carbocycles. The van der Waals surface area contributed by atoms with Crippen LogP contribution < -0.4 is 0 Å². The number of phenols is 2. The molecular weight excluding hydrogens is 473 g/mol. The molecule has 10 heteroatoms. The van der Waals surface area contributed by atoms with Crippen molar-refractivity contribution in [1.29, 1.82) is 0 Å². The molecule has 0 aliphatic rings. The summed E-state index contributed by atoms with van der Waals surface area (Å²) in [7, 11) is -8.86. The van der Waals surface area contributed by atoms with Crippen molar-refractivity contribution in [2.24, 2.45) is 0 Å². The Morgan fingerprint density at radius 1 is 0.680 bits per heavy atom. The number of sulfonamides is 2. The fourth-order valence-corrected chi connectivity index (χ4v) is 4.13. The summed E-state index contributed by atoms with van der Waals surface area (Å²) in [5.74, 6) is -0.314. The van der Waals surface area contributed by atoms with Gasteiger partial charge in [-0.2, -0.15) is 0 Å². The Kier molecular flexibility index (Phi) is 7.72. The molecular formula is C15H19NO6S2Sn. The topological polar surface area (TPSA) is 123 Å². The number of benzene rings is 2. The van der Waals surface area contributed by atoms with E-state index in [1.165, 1.54) is 0 Å². The first-order valence-corrected chi connectivity index (χ1v) is 18.5. The van der Waals surface area contributed by atoms with E-state index in [-0.39, 0.29) is 21.3 Å². The molecule has 2 N–H and O–H groups in total. The first kappa shape index (κ1) is 21.7. The summed E-state index contributed by atoms with van der Waals surface area (Å²) in [5.41, 5.74) is 0. The van der Waals surface area contributed by atoms with E-state index >= 15 is 0 Å². The Hall–Kier alpha value is -1.30. The fourth-order valence-electron chi connectivity index (χ4n) is 1.45. The molecule has 0 aliphatic heterocycles. The molecule has 0 aromatic heterocycles. The van der Waals surface area contributed by atoms with E-state index in [1.54, 1.807) is 0 Å². The molecule has 0 aliphatic carbocycles. The molecule has 0 fully saturated rings. The average Bonchev–Trinajstić information content (AvgIpc) is 2.46. The number of hydrogen-bond acceptors (Lipinski definition) is 6. The van der Waals surface area contributed by atoms with E-state index in [0.717, 1.165) is 48.5 Å². The van der Waals surface area contributed by atoms with Gasteiger partial charge in [-0.05, 0) is 48.5 Å². The molecule has 0 atom stereocenters. The number of nitrogens with zero attached hydrogens (tertiary/aromatic N) is 1. The Balaban J connectivity index is 0.000000705. The van der Waals surface area contributed by atoms with E-state index in [2.05, 4.69) is 18.9 Å². The van der Waals surface area contributed by atoms with Gasteiger partial charge in [0, 0.05) is 9.79 Å². The second kappa shape index (κ2) is 8.88. The molecule has 0 radical (unpaired) electrons. The van der Waals surface area contributed by atoms with Gasteiger partial charge < -0.3 is 14.3 Å². The average molecular weight is 492 g/mol. The molecule has 2 aromatic rings. The second-order valence-corrected chi connectivity index (χ2v) is 17.5. The van der Waals surface area contributed by atoms with Crippen molar-refractivity contribution in [1.82, 2.24) is 0 Å². The van der Waals surface area contributed by atoms with Gasteiger partial charge in [-0.1, -0.05) is 0 Å². The van der Waals surface area contributed by atoms with E-state index < -0.39 is 39.8 Å². The van der Waals surface area contributed by atoms with Crippen LogP contribution in [-0.4, -0.2) is 46.8 Å². The van der Waals surface area contributed by atoms with Crippen LogP contribution in [0.5, 0.6) is 11.5 Å². The van der Waals surface area contributed by atoms with Crippen LogP contribution in [0.4, 0.5) is 0 Å². The first-order chi connectivity index (χ1) is 11.4. The molecule has 0 amide bonds. The van der Waals surface area contributed by atoms with Crippen LogP contribution in [-0.2, 0) is 20.0 Å². The van der Waals surface area contributed by atoms with Crippen LogP contribution in [0.3, 0.4) is 0 Å². The van der Waals surface area contributed by atoms with Crippen LogP contribution in [0.1, 0.15) is 0 Å². The quantitative estimate of drug-likeness (QED) is 0.634. The minimum absolute atomic E-state index is 0.157. The summed E-state index contributed by atoms with van der Waals surface area (Å²) in [4.78, 5) is 6.37. The Morgan fingerprint density at radius 2 is 0.920 bits per heavy atom. The van der Waals surface area contributed by atoms with Crippen LogP contribution >= 0.6 is 0 Å². The van der Waals surface area contributed by atoms with Gasteiger partial charge in [-0.3, -0.25) is 0 Å². The Morgan fingerprint density at radius 3 is 1.16 bits per heavy atom. The summed E-state index contributed by atoms with van der Waals surface area (Å²) in [5, 5.41) is 18.2. The Bertz CT molecular complexity index is 816. The van der Waals surface area contributed by atoms with Gasteiger partial charge >= 0.3 is 34.6 Å². The molecule has 7 nitrogen and oxygen atoms in total. The third-order valence-electron chi connectivity index (χ3n) is 2.47. The molecule has 25 heavy (non-hydrogen) atoms. The standard InChI is InChI=1S/C12H10NO6S2.3CH3.Sn/c14-9-1-5-11(6-2-9)20(16,17)13-21(18,19)12-7-3-10(15)4-8-12;;;;/h1-8,14-15H;3*1H3;/q-1;;;;+1. The zero-order valence-electron chi connectivity index (χ0n) is 13.9. The van der Waals surface area contributed by atoms with E-state index in [4.69, 9.17) is 10.2 Å². The summed E-state index contributed by atoms with van der Waals surface area (Å²) in [6, 6.07) is 8.60. The van der Waals surface area contributed by atoms with E-state index in [0.29, 0.717) is 0 Å². The monoisotopic (exact) mass is 493 g/mol. The van der Waals surface area contributed by atoms with Crippen LogP contribution in [0.25, 0.3) is 4.13 Å². The SMILES string of the molecule is O=S(=O)([N-]S(=O)(=O)c1ccc(O)cc1)c1ccc(O)cc1.[CH3][Sn+]([CH3])[CH3]. The number of phenolic OH excluding ortho intramolecular Hbond substituents is 2. The van der Waals surface area contributed by atoms with Crippen LogP contribution in [0.15, 0.2) is 58.3 Å². The zero-order valence-corrected chi connectivity index (χ0v) is 18.4. The third-order valence-corrected chi connectivity index (χ3v) is 5.77. The van der Waals surface area contributed by atoms with Crippen molar-refractivity contribution in [2.75, 3.05) is 0 Å². The molecule has 0 heterocycles. The maximum atomic E-state index is 11.9. The second-order valence-electron chi connectivity index (χ2n) is 5.51. The fraction of sp³-hybridized carbons (Fsp3) is 0.200. The molecule has 2 aromatic carbocycles. The van der Waals surface area contributed by atoms with Crippen LogP contribution in [0, 0.1) is 0 Å². The number of hydrogen-bond donors (Lipinski definition) is 2.